The number of H-pyrrole nitrogens is 1. The number of nitrogens with one attached hydrogen (secondary N) is 3. The Hall–Kier alpha value is -4.05. The third kappa shape index (κ3) is 5.73. The zero-order valence-electron chi connectivity index (χ0n) is 16.4. The highest BCUT2D eigenvalue weighted by molar-refractivity contribution is 5.89. The lowest BCUT2D eigenvalue weighted by molar-refractivity contribution is -0.134. The number of aromatic amines is 1. The molecule has 0 spiro atoms. The number of fused-ring (bicyclic) bond motifs is 2. The summed E-state index contributed by atoms with van der Waals surface area (Å²) in [6, 6.07) is 11.2. The number of aromatic hydroxyl groups is 2. The van der Waals surface area contributed by atoms with E-state index in [1.54, 1.807) is 12.1 Å². The van der Waals surface area contributed by atoms with Gasteiger partial charge in [-0.3, -0.25) is 0 Å². The summed E-state index contributed by atoms with van der Waals surface area (Å²) in [6.45, 7) is 1.47. The van der Waals surface area contributed by atoms with Gasteiger partial charge in [-0.2, -0.15) is 0 Å². The number of rotatable bonds is 5. The maximum atomic E-state index is 9.76. The van der Waals surface area contributed by atoms with Gasteiger partial charge in [0.05, 0.1) is 17.1 Å². The minimum absolute atomic E-state index is 0.0541. The highest BCUT2D eigenvalue weighted by Crippen LogP contribution is 2.33. The van der Waals surface area contributed by atoms with Crippen molar-refractivity contribution in [3.8, 4) is 11.5 Å². The van der Waals surface area contributed by atoms with Crippen molar-refractivity contribution in [2.24, 2.45) is 0 Å². The van der Waals surface area contributed by atoms with Crippen molar-refractivity contribution in [1.29, 1.82) is 0 Å². The fourth-order valence-corrected chi connectivity index (χ4v) is 3.23. The van der Waals surface area contributed by atoms with Gasteiger partial charge in [-0.25, -0.2) is 14.6 Å². The Morgan fingerprint density at radius 3 is 2.45 bits per heavy atom. The number of hydrogen-bond donors (Lipinski definition) is 7. The van der Waals surface area contributed by atoms with Crippen LogP contribution in [0.1, 0.15) is 17.2 Å². The Bertz CT molecular complexity index is 1080. The second kappa shape index (κ2) is 9.63. The van der Waals surface area contributed by atoms with Crippen molar-refractivity contribution in [3.05, 3.63) is 59.7 Å². The lowest BCUT2D eigenvalue weighted by Gasteiger charge is -2.27. The smallest absolute Gasteiger partial charge is 0.328 e. The maximum Gasteiger partial charge on any atom is 0.328 e. The van der Waals surface area contributed by atoms with Crippen LogP contribution in [0.25, 0.3) is 11.0 Å². The molecule has 1 aliphatic heterocycles. The van der Waals surface area contributed by atoms with Crippen LogP contribution in [0.5, 0.6) is 11.5 Å². The van der Waals surface area contributed by atoms with E-state index in [1.165, 1.54) is 0 Å². The molecule has 0 aliphatic carbocycles. The average Bonchev–Trinajstić information content (AvgIpc) is 3.15. The number of anilines is 1. The van der Waals surface area contributed by atoms with Crippen LogP contribution in [0.15, 0.2) is 48.6 Å². The summed E-state index contributed by atoms with van der Waals surface area (Å²) >= 11 is 0. The zero-order chi connectivity index (χ0) is 22.4. The van der Waals surface area contributed by atoms with Gasteiger partial charge in [0.2, 0.25) is 5.95 Å². The number of carboxylic acids is 2. The highest BCUT2D eigenvalue weighted by atomic mass is 16.4. The summed E-state index contributed by atoms with van der Waals surface area (Å²) in [5, 5.41) is 41.8. The number of hydrogen-bond acceptors (Lipinski definition) is 7. The monoisotopic (exact) mass is 426 g/mol. The first-order valence-corrected chi connectivity index (χ1v) is 9.44. The minimum atomic E-state index is -1.26. The van der Waals surface area contributed by atoms with Crippen LogP contribution < -0.4 is 10.6 Å². The third-order valence-electron chi connectivity index (χ3n) is 4.63. The van der Waals surface area contributed by atoms with Crippen molar-refractivity contribution in [2.45, 2.75) is 12.5 Å². The van der Waals surface area contributed by atoms with E-state index in [1.807, 2.05) is 24.3 Å². The molecule has 7 N–H and O–H groups in total. The van der Waals surface area contributed by atoms with E-state index >= 15 is 0 Å². The van der Waals surface area contributed by atoms with E-state index < -0.39 is 11.9 Å². The number of carboxylic acid groups (broad SMARTS) is 2. The number of aromatic nitrogens is 2. The molecule has 10 nitrogen and oxygen atoms in total. The fourth-order valence-electron chi connectivity index (χ4n) is 3.23. The van der Waals surface area contributed by atoms with Gasteiger partial charge >= 0.3 is 11.9 Å². The van der Waals surface area contributed by atoms with Crippen LogP contribution in [0, 0.1) is 0 Å². The molecule has 1 aromatic heterocycles. The van der Waals surface area contributed by atoms with Crippen LogP contribution in [0.3, 0.4) is 0 Å². The number of phenolic OH excluding ortho intramolecular Hbond substituents is 2. The van der Waals surface area contributed by atoms with Gasteiger partial charge < -0.3 is 36.0 Å². The standard InChI is InChI=1S/C17H18N4O2.C4H4O4/c22-15-7-10-5-6-18-14(11(10)8-16(15)23)9-19-17-20-12-3-1-2-4-13(12)21-17;5-3(6)1-2-4(7)8/h1-4,7-8,14,18,22-23H,5-6,9H2,(H2,19,20,21);1-2H,(H,5,6)(H,7,8)/b;2-1+. The first-order valence-electron chi connectivity index (χ1n) is 9.44. The summed E-state index contributed by atoms with van der Waals surface area (Å²) in [5.74, 6) is -1.93. The van der Waals surface area contributed by atoms with Gasteiger partial charge in [-0.15, -0.1) is 0 Å². The van der Waals surface area contributed by atoms with E-state index in [-0.39, 0.29) is 17.5 Å². The molecular formula is C21H22N4O6. The Morgan fingerprint density at radius 2 is 1.77 bits per heavy atom. The van der Waals surface area contributed by atoms with E-state index in [0.29, 0.717) is 18.7 Å². The van der Waals surface area contributed by atoms with Gasteiger partial charge in [-0.05, 0) is 48.4 Å². The zero-order valence-corrected chi connectivity index (χ0v) is 16.4. The van der Waals surface area contributed by atoms with Crippen LogP contribution in [-0.4, -0.2) is 55.4 Å². The molecule has 0 saturated carbocycles. The van der Waals surface area contributed by atoms with Gasteiger partial charge in [-0.1, -0.05) is 12.1 Å². The molecule has 31 heavy (non-hydrogen) atoms. The Morgan fingerprint density at radius 1 is 1.10 bits per heavy atom. The van der Waals surface area contributed by atoms with Crippen LogP contribution in [-0.2, 0) is 16.0 Å². The molecule has 0 radical (unpaired) electrons. The van der Waals surface area contributed by atoms with E-state index in [0.717, 1.165) is 41.1 Å². The molecule has 162 valence electrons. The van der Waals surface area contributed by atoms with Gasteiger partial charge in [0.25, 0.3) is 0 Å². The topological polar surface area (TPSA) is 168 Å². The molecule has 3 aromatic rings. The third-order valence-corrected chi connectivity index (χ3v) is 4.63. The number of nitrogens with zero attached hydrogens (tertiary/aromatic N) is 1. The fraction of sp³-hybridized carbons (Fsp3) is 0.190. The average molecular weight is 426 g/mol. The first kappa shape index (κ1) is 21.7. The summed E-state index contributed by atoms with van der Waals surface area (Å²) in [6.07, 6.45) is 1.95. The largest absolute Gasteiger partial charge is 0.504 e. The second-order valence-corrected chi connectivity index (χ2v) is 6.79. The molecule has 2 heterocycles. The van der Waals surface area contributed by atoms with Crippen LogP contribution in [0.4, 0.5) is 5.95 Å². The quantitative estimate of drug-likeness (QED) is 0.238. The highest BCUT2D eigenvalue weighted by Gasteiger charge is 2.21. The predicted octanol–water partition coefficient (Wildman–Crippen LogP) is 1.98. The number of aliphatic carboxylic acids is 2. The van der Waals surface area contributed by atoms with Crippen molar-refractivity contribution >= 4 is 28.9 Å². The van der Waals surface area contributed by atoms with Gasteiger partial charge in [0, 0.05) is 18.7 Å². The maximum absolute atomic E-state index is 9.76. The molecule has 0 saturated heterocycles. The molecule has 1 unspecified atom stereocenters. The molecule has 0 amide bonds. The first-order chi connectivity index (χ1) is 14.8. The molecular weight excluding hydrogens is 404 g/mol. The van der Waals surface area contributed by atoms with Crippen molar-refractivity contribution in [3.63, 3.8) is 0 Å². The molecule has 1 atom stereocenters. The Kier molecular flexibility index (Phi) is 6.73. The summed E-state index contributed by atoms with van der Waals surface area (Å²) in [5.41, 5.74) is 4.00. The predicted molar refractivity (Wildman–Crippen MR) is 113 cm³/mol. The van der Waals surface area contributed by atoms with E-state index in [2.05, 4.69) is 20.6 Å². The molecule has 0 bridgehead atoms. The van der Waals surface area contributed by atoms with Gasteiger partial charge in [0.15, 0.2) is 11.5 Å². The normalized spacial score (nSPS) is 15.2. The lowest BCUT2D eigenvalue weighted by atomic mass is 9.93. The molecule has 2 aromatic carbocycles. The number of phenols is 2. The SMILES string of the molecule is O=C(O)/C=C/C(=O)O.Oc1cc2c(cc1O)C(CNc1nc3ccccc3[nH]1)NCC2. The number of benzene rings is 2. The Balaban J connectivity index is 0.000000293. The molecule has 10 heteroatoms. The molecule has 4 rings (SSSR count). The number of imidazole rings is 1. The number of para-hydroxylation sites is 2. The van der Waals surface area contributed by atoms with Crippen molar-refractivity contribution in [2.75, 3.05) is 18.4 Å². The number of carbonyl (C=O) groups is 2. The summed E-state index contributed by atoms with van der Waals surface area (Å²) in [4.78, 5) is 26.8. The Labute approximate surface area is 176 Å². The van der Waals surface area contributed by atoms with Crippen molar-refractivity contribution in [1.82, 2.24) is 15.3 Å². The van der Waals surface area contributed by atoms with Crippen molar-refractivity contribution < 1.29 is 30.0 Å². The van der Waals surface area contributed by atoms with E-state index in [9.17, 15) is 19.8 Å². The lowest BCUT2D eigenvalue weighted by Crippen LogP contribution is -2.34. The molecule has 1 aliphatic rings. The van der Waals surface area contributed by atoms with Crippen LogP contribution in [0.2, 0.25) is 0 Å². The van der Waals surface area contributed by atoms with Crippen LogP contribution >= 0.6 is 0 Å². The molecule has 0 fully saturated rings. The van der Waals surface area contributed by atoms with Gasteiger partial charge in [0.1, 0.15) is 0 Å². The minimum Gasteiger partial charge on any atom is -0.504 e. The van der Waals surface area contributed by atoms with E-state index in [4.69, 9.17) is 10.2 Å². The second-order valence-electron chi connectivity index (χ2n) is 6.79. The summed E-state index contributed by atoms with van der Waals surface area (Å²) in [7, 11) is 0. The summed E-state index contributed by atoms with van der Waals surface area (Å²) < 4.78 is 0.